The van der Waals surface area contributed by atoms with E-state index in [4.69, 9.17) is 28.9 Å². The summed E-state index contributed by atoms with van der Waals surface area (Å²) >= 11 is 15.4. The molecular formula is C12H15BrCl2N2O. The highest BCUT2D eigenvalue weighted by Crippen LogP contribution is 2.34. The van der Waals surface area contributed by atoms with Crippen molar-refractivity contribution < 1.29 is 4.79 Å². The van der Waals surface area contributed by atoms with Crippen LogP contribution in [0.15, 0.2) is 16.6 Å². The van der Waals surface area contributed by atoms with Gasteiger partial charge in [-0.3, -0.25) is 4.79 Å². The molecule has 0 fully saturated rings. The molecule has 3 N–H and O–H groups in total. The van der Waals surface area contributed by atoms with E-state index in [2.05, 4.69) is 21.2 Å². The number of hydrogen-bond acceptors (Lipinski definition) is 2. The highest BCUT2D eigenvalue weighted by molar-refractivity contribution is 9.10. The lowest BCUT2D eigenvalue weighted by Crippen LogP contribution is -2.33. The minimum Gasteiger partial charge on any atom is -0.330 e. The van der Waals surface area contributed by atoms with Gasteiger partial charge in [0, 0.05) is 11.0 Å². The molecule has 0 saturated heterocycles. The van der Waals surface area contributed by atoms with Crippen molar-refractivity contribution in [2.75, 3.05) is 11.9 Å². The van der Waals surface area contributed by atoms with E-state index in [0.29, 0.717) is 15.7 Å². The van der Waals surface area contributed by atoms with Gasteiger partial charge in [-0.05, 0) is 18.1 Å². The van der Waals surface area contributed by atoms with Crippen LogP contribution >= 0.6 is 39.1 Å². The van der Waals surface area contributed by atoms with Crippen LogP contribution in [0.4, 0.5) is 5.69 Å². The van der Waals surface area contributed by atoms with Crippen LogP contribution in [0, 0.1) is 11.8 Å². The van der Waals surface area contributed by atoms with Crippen LogP contribution < -0.4 is 11.1 Å². The number of nitrogens with one attached hydrogen (secondary N) is 1. The lowest BCUT2D eigenvalue weighted by molar-refractivity contribution is -0.120. The molecule has 6 heteroatoms. The zero-order chi connectivity index (χ0) is 13.9. The number of benzene rings is 1. The van der Waals surface area contributed by atoms with E-state index >= 15 is 0 Å². The fourth-order valence-electron chi connectivity index (χ4n) is 1.56. The highest BCUT2D eigenvalue weighted by Gasteiger charge is 2.22. The lowest BCUT2D eigenvalue weighted by atomic mass is 9.95. The smallest absolute Gasteiger partial charge is 0.229 e. The Bertz CT molecular complexity index is 429. The molecule has 1 rings (SSSR count). The minimum atomic E-state index is -0.263. The van der Waals surface area contributed by atoms with Crippen LogP contribution in [-0.4, -0.2) is 12.5 Å². The second-order valence-electron chi connectivity index (χ2n) is 4.32. The van der Waals surface area contributed by atoms with Crippen molar-refractivity contribution in [2.45, 2.75) is 13.8 Å². The van der Waals surface area contributed by atoms with Crippen molar-refractivity contribution in [2.24, 2.45) is 17.6 Å². The third-order valence-electron chi connectivity index (χ3n) is 2.65. The molecule has 1 aromatic rings. The van der Waals surface area contributed by atoms with E-state index in [0.717, 1.165) is 4.47 Å². The van der Waals surface area contributed by atoms with Gasteiger partial charge in [0.2, 0.25) is 5.91 Å². The van der Waals surface area contributed by atoms with Gasteiger partial charge >= 0.3 is 0 Å². The highest BCUT2D eigenvalue weighted by atomic mass is 79.9. The molecule has 0 heterocycles. The van der Waals surface area contributed by atoms with Gasteiger partial charge in [0.25, 0.3) is 0 Å². The summed E-state index contributed by atoms with van der Waals surface area (Å²) in [5, 5.41) is 3.52. The van der Waals surface area contributed by atoms with Gasteiger partial charge in [0.15, 0.2) is 0 Å². The standard InChI is InChI=1S/C12H15BrCl2N2O/c1-6(2)8(5-16)12(18)17-11-9(14)3-7(13)4-10(11)15/h3-4,6,8H,5,16H2,1-2H3,(H,17,18). The van der Waals surface area contributed by atoms with Gasteiger partial charge in [0.1, 0.15) is 0 Å². The first-order valence-electron chi connectivity index (χ1n) is 5.52. The quantitative estimate of drug-likeness (QED) is 0.861. The number of rotatable bonds is 4. The van der Waals surface area contributed by atoms with E-state index in [9.17, 15) is 4.79 Å². The number of halogens is 3. The molecule has 18 heavy (non-hydrogen) atoms. The van der Waals surface area contributed by atoms with Gasteiger partial charge in [-0.15, -0.1) is 0 Å². The number of nitrogens with two attached hydrogens (primary N) is 1. The predicted molar refractivity (Wildman–Crippen MR) is 80.2 cm³/mol. The van der Waals surface area contributed by atoms with Crippen molar-refractivity contribution in [3.8, 4) is 0 Å². The van der Waals surface area contributed by atoms with Crippen molar-refractivity contribution >= 4 is 50.7 Å². The Hall–Kier alpha value is -0.290. The summed E-state index contributed by atoms with van der Waals surface area (Å²) in [7, 11) is 0. The molecule has 1 amide bonds. The van der Waals surface area contributed by atoms with Gasteiger partial charge in [-0.25, -0.2) is 0 Å². The SMILES string of the molecule is CC(C)C(CN)C(=O)Nc1c(Cl)cc(Br)cc1Cl. The maximum absolute atomic E-state index is 12.1. The first-order valence-corrected chi connectivity index (χ1v) is 7.07. The molecule has 0 aliphatic rings. The van der Waals surface area contributed by atoms with E-state index < -0.39 is 0 Å². The predicted octanol–water partition coefficient (Wildman–Crippen LogP) is 3.93. The maximum Gasteiger partial charge on any atom is 0.229 e. The summed E-state index contributed by atoms with van der Waals surface area (Å²) in [6.45, 7) is 4.18. The van der Waals surface area contributed by atoms with Crippen molar-refractivity contribution in [1.82, 2.24) is 0 Å². The Labute approximate surface area is 125 Å². The summed E-state index contributed by atoms with van der Waals surface area (Å²) in [5.41, 5.74) is 6.02. The lowest BCUT2D eigenvalue weighted by Gasteiger charge is -2.19. The van der Waals surface area contributed by atoms with Crippen LogP contribution in [0.5, 0.6) is 0 Å². The first kappa shape index (κ1) is 15.8. The van der Waals surface area contributed by atoms with Gasteiger partial charge in [-0.2, -0.15) is 0 Å². The Morgan fingerprint density at radius 1 is 1.39 bits per heavy atom. The molecule has 1 atom stereocenters. The van der Waals surface area contributed by atoms with Crippen molar-refractivity contribution in [3.63, 3.8) is 0 Å². The summed E-state index contributed by atoms with van der Waals surface area (Å²) in [6.07, 6.45) is 0. The average molecular weight is 354 g/mol. The molecule has 100 valence electrons. The second kappa shape index (κ2) is 6.75. The van der Waals surface area contributed by atoms with Crippen LogP contribution in [0.2, 0.25) is 10.0 Å². The van der Waals surface area contributed by atoms with Gasteiger partial charge in [-0.1, -0.05) is 53.0 Å². The molecule has 0 bridgehead atoms. The Morgan fingerprint density at radius 2 is 1.89 bits per heavy atom. The van der Waals surface area contributed by atoms with Crippen molar-refractivity contribution in [3.05, 3.63) is 26.7 Å². The number of amides is 1. The molecule has 1 aromatic carbocycles. The summed E-state index contributed by atoms with van der Waals surface area (Å²) in [5.74, 6) is -0.276. The van der Waals surface area contributed by atoms with E-state index in [-0.39, 0.29) is 24.3 Å². The zero-order valence-electron chi connectivity index (χ0n) is 10.1. The summed E-state index contributed by atoms with van der Waals surface area (Å²) in [6, 6.07) is 3.35. The molecule has 0 saturated carbocycles. The van der Waals surface area contributed by atoms with Gasteiger partial charge in [0.05, 0.1) is 21.7 Å². The fraction of sp³-hybridized carbons (Fsp3) is 0.417. The largest absolute Gasteiger partial charge is 0.330 e. The molecule has 3 nitrogen and oxygen atoms in total. The molecule has 1 unspecified atom stereocenters. The third kappa shape index (κ3) is 3.85. The fourth-order valence-corrected chi connectivity index (χ4v) is 2.86. The first-order chi connectivity index (χ1) is 8.36. The number of anilines is 1. The third-order valence-corrected chi connectivity index (χ3v) is 3.70. The van der Waals surface area contributed by atoms with E-state index in [1.165, 1.54) is 0 Å². The Kier molecular flexibility index (Phi) is 5.92. The van der Waals surface area contributed by atoms with Crippen LogP contribution in [0.25, 0.3) is 0 Å². The summed E-state index contributed by atoms with van der Waals surface area (Å²) < 4.78 is 0.759. The normalized spacial score (nSPS) is 12.6. The van der Waals surface area contributed by atoms with E-state index in [1.807, 2.05) is 13.8 Å². The maximum atomic E-state index is 12.1. The van der Waals surface area contributed by atoms with E-state index in [1.54, 1.807) is 12.1 Å². The Balaban J connectivity index is 2.95. The Morgan fingerprint density at radius 3 is 2.28 bits per heavy atom. The van der Waals surface area contributed by atoms with Crippen LogP contribution in [-0.2, 0) is 4.79 Å². The van der Waals surface area contributed by atoms with Crippen molar-refractivity contribution in [1.29, 1.82) is 0 Å². The van der Waals surface area contributed by atoms with Crippen LogP contribution in [0.3, 0.4) is 0 Å². The monoisotopic (exact) mass is 352 g/mol. The average Bonchev–Trinajstić information content (AvgIpc) is 2.23. The second-order valence-corrected chi connectivity index (χ2v) is 6.05. The zero-order valence-corrected chi connectivity index (χ0v) is 13.2. The number of hydrogen-bond donors (Lipinski definition) is 2. The molecular weight excluding hydrogens is 339 g/mol. The molecule has 0 radical (unpaired) electrons. The molecule has 0 aliphatic carbocycles. The summed E-state index contributed by atoms with van der Waals surface area (Å²) in [4.78, 5) is 12.1. The topological polar surface area (TPSA) is 55.1 Å². The molecule has 0 aliphatic heterocycles. The number of carbonyl (C=O) groups is 1. The van der Waals surface area contributed by atoms with Gasteiger partial charge < -0.3 is 11.1 Å². The molecule has 0 spiro atoms. The molecule has 0 aromatic heterocycles. The minimum absolute atomic E-state index is 0.156. The number of carbonyl (C=O) groups excluding carboxylic acids is 1. The van der Waals surface area contributed by atoms with Crippen LogP contribution in [0.1, 0.15) is 13.8 Å².